The van der Waals surface area contributed by atoms with Gasteiger partial charge in [-0.3, -0.25) is 14.9 Å². The summed E-state index contributed by atoms with van der Waals surface area (Å²) < 4.78 is 4.83. The number of carbonyl (C=O) groups is 1. The number of nitrogens with one attached hydrogen (secondary N) is 1. The van der Waals surface area contributed by atoms with E-state index in [9.17, 15) is 14.9 Å². The van der Waals surface area contributed by atoms with E-state index < -0.39 is 16.7 Å². The summed E-state index contributed by atoms with van der Waals surface area (Å²) in [6.45, 7) is 1.76. The minimum Gasteiger partial charge on any atom is -0.395 e. The molecule has 2 rings (SSSR count). The summed E-state index contributed by atoms with van der Waals surface area (Å²) in [6.07, 6.45) is 0. The fourth-order valence-corrected chi connectivity index (χ4v) is 1.75. The van der Waals surface area contributed by atoms with Crippen LogP contribution in [0.2, 0.25) is 0 Å². The first kappa shape index (κ1) is 14.3. The van der Waals surface area contributed by atoms with Gasteiger partial charge in [-0.05, 0) is 30.7 Å². The molecule has 1 N–H and O–H groups in total. The van der Waals surface area contributed by atoms with E-state index in [1.807, 2.05) is 6.07 Å². The summed E-state index contributed by atoms with van der Waals surface area (Å²) in [5, 5.41) is 21.9. The van der Waals surface area contributed by atoms with Gasteiger partial charge in [-0.2, -0.15) is 5.26 Å². The van der Waals surface area contributed by atoms with Gasteiger partial charge in [0.2, 0.25) is 0 Å². The predicted molar refractivity (Wildman–Crippen MR) is 72.4 cm³/mol. The van der Waals surface area contributed by atoms with Crippen molar-refractivity contribution in [3.05, 3.63) is 63.4 Å². The van der Waals surface area contributed by atoms with Crippen LogP contribution >= 0.6 is 0 Å². The lowest BCUT2D eigenvalue weighted by atomic mass is 10.1. The molecule has 1 unspecified atom stereocenters. The van der Waals surface area contributed by atoms with Crippen LogP contribution in [0.1, 0.15) is 34.6 Å². The van der Waals surface area contributed by atoms with Crippen molar-refractivity contribution in [2.75, 3.05) is 0 Å². The van der Waals surface area contributed by atoms with E-state index in [1.54, 1.807) is 31.2 Å². The molecule has 0 aliphatic carbocycles. The monoisotopic (exact) mass is 285 g/mol. The lowest BCUT2D eigenvalue weighted by molar-refractivity contribution is -0.402. The Labute approximate surface area is 119 Å². The molecule has 1 aromatic carbocycles. The highest BCUT2D eigenvalue weighted by Crippen LogP contribution is 2.18. The number of furan rings is 1. The third-order valence-electron chi connectivity index (χ3n) is 2.88. The maximum atomic E-state index is 11.9. The SMILES string of the molecule is CC(NC(=O)c1ccc([N+](=O)[O-])o1)c1ccc(C#N)cc1. The van der Waals surface area contributed by atoms with Crippen molar-refractivity contribution < 1.29 is 14.1 Å². The molecule has 0 radical (unpaired) electrons. The minimum atomic E-state index is -0.708. The minimum absolute atomic E-state index is 0.123. The van der Waals surface area contributed by atoms with Crippen LogP contribution in [0.4, 0.5) is 5.88 Å². The number of amides is 1. The molecule has 0 aliphatic heterocycles. The zero-order chi connectivity index (χ0) is 15.4. The summed E-state index contributed by atoms with van der Waals surface area (Å²) in [7, 11) is 0. The van der Waals surface area contributed by atoms with Crippen molar-refractivity contribution in [1.82, 2.24) is 5.32 Å². The maximum Gasteiger partial charge on any atom is 0.433 e. The van der Waals surface area contributed by atoms with E-state index in [4.69, 9.17) is 9.68 Å². The van der Waals surface area contributed by atoms with Crippen LogP contribution in [-0.2, 0) is 0 Å². The van der Waals surface area contributed by atoms with Gasteiger partial charge in [-0.15, -0.1) is 0 Å². The zero-order valence-electron chi connectivity index (χ0n) is 11.1. The van der Waals surface area contributed by atoms with Crippen LogP contribution in [0.3, 0.4) is 0 Å². The van der Waals surface area contributed by atoms with Gasteiger partial charge in [0, 0.05) is 0 Å². The first-order valence-electron chi connectivity index (χ1n) is 6.06. The zero-order valence-corrected chi connectivity index (χ0v) is 11.1. The second-order valence-corrected chi connectivity index (χ2v) is 4.32. The number of nitrogens with zero attached hydrogens (tertiary/aromatic N) is 2. The topological polar surface area (TPSA) is 109 Å². The van der Waals surface area contributed by atoms with Gasteiger partial charge in [0.15, 0.2) is 5.76 Å². The number of carbonyl (C=O) groups excluding carboxylic acids is 1. The third kappa shape index (κ3) is 3.25. The van der Waals surface area contributed by atoms with E-state index >= 15 is 0 Å². The molecule has 1 atom stereocenters. The number of hydrogen-bond donors (Lipinski definition) is 1. The largest absolute Gasteiger partial charge is 0.433 e. The van der Waals surface area contributed by atoms with E-state index in [-0.39, 0.29) is 11.8 Å². The Morgan fingerprint density at radius 2 is 2.00 bits per heavy atom. The van der Waals surface area contributed by atoms with Gasteiger partial charge in [-0.25, -0.2) is 0 Å². The molecule has 7 nitrogen and oxygen atoms in total. The van der Waals surface area contributed by atoms with Gasteiger partial charge in [-0.1, -0.05) is 12.1 Å². The van der Waals surface area contributed by atoms with E-state index in [0.29, 0.717) is 5.56 Å². The molecule has 0 aliphatic rings. The first-order chi connectivity index (χ1) is 10.0. The van der Waals surface area contributed by atoms with Gasteiger partial charge in [0.05, 0.1) is 23.7 Å². The van der Waals surface area contributed by atoms with Crippen molar-refractivity contribution in [2.45, 2.75) is 13.0 Å². The van der Waals surface area contributed by atoms with Gasteiger partial charge >= 0.3 is 5.88 Å². The molecule has 106 valence electrons. The summed E-state index contributed by atoms with van der Waals surface area (Å²) in [6, 6.07) is 10.8. The molecule has 1 amide bonds. The maximum absolute atomic E-state index is 11.9. The Morgan fingerprint density at radius 3 is 2.52 bits per heavy atom. The Bertz CT molecular complexity index is 713. The van der Waals surface area contributed by atoms with Crippen molar-refractivity contribution >= 4 is 11.8 Å². The Hall–Kier alpha value is -3.14. The van der Waals surface area contributed by atoms with Crippen molar-refractivity contribution in [3.63, 3.8) is 0 Å². The molecule has 0 bridgehead atoms. The highest BCUT2D eigenvalue weighted by Gasteiger charge is 2.19. The van der Waals surface area contributed by atoms with Gasteiger partial charge in [0.1, 0.15) is 4.92 Å². The number of nitro groups is 1. The highest BCUT2D eigenvalue weighted by molar-refractivity contribution is 5.91. The molecule has 7 heteroatoms. The summed E-state index contributed by atoms with van der Waals surface area (Å²) in [5.41, 5.74) is 1.34. The number of rotatable bonds is 4. The van der Waals surface area contributed by atoms with Crippen LogP contribution in [0.5, 0.6) is 0 Å². The molecule has 0 saturated heterocycles. The second-order valence-electron chi connectivity index (χ2n) is 4.32. The Morgan fingerprint density at radius 1 is 1.33 bits per heavy atom. The van der Waals surface area contributed by atoms with Gasteiger partial charge in [0.25, 0.3) is 5.91 Å². The number of benzene rings is 1. The molecule has 0 spiro atoms. The average molecular weight is 285 g/mol. The molecule has 0 saturated carbocycles. The van der Waals surface area contributed by atoms with Crippen molar-refractivity contribution in [2.24, 2.45) is 0 Å². The predicted octanol–water partition coefficient (Wildman–Crippen LogP) is 2.55. The highest BCUT2D eigenvalue weighted by atomic mass is 16.6. The van der Waals surface area contributed by atoms with E-state index in [2.05, 4.69) is 5.32 Å². The van der Waals surface area contributed by atoms with Crippen LogP contribution in [0.25, 0.3) is 0 Å². The molecule has 2 aromatic rings. The number of hydrogen-bond acceptors (Lipinski definition) is 5. The Balaban J connectivity index is 2.07. The summed E-state index contributed by atoms with van der Waals surface area (Å²) >= 11 is 0. The number of nitriles is 1. The molecule has 0 fully saturated rings. The molecular formula is C14H11N3O4. The Kier molecular flexibility index (Phi) is 4.00. The van der Waals surface area contributed by atoms with Gasteiger partial charge < -0.3 is 9.73 Å². The van der Waals surface area contributed by atoms with Crippen LogP contribution in [0, 0.1) is 21.4 Å². The smallest absolute Gasteiger partial charge is 0.395 e. The van der Waals surface area contributed by atoms with Crippen LogP contribution in [-0.4, -0.2) is 10.8 Å². The second kappa shape index (κ2) is 5.88. The first-order valence-corrected chi connectivity index (χ1v) is 6.06. The van der Waals surface area contributed by atoms with Crippen molar-refractivity contribution in [1.29, 1.82) is 5.26 Å². The fraction of sp³-hybridized carbons (Fsp3) is 0.143. The van der Waals surface area contributed by atoms with Crippen LogP contribution < -0.4 is 5.32 Å². The molecule has 21 heavy (non-hydrogen) atoms. The standard InChI is InChI=1S/C14H11N3O4/c1-9(11-4-2-10(8-15)3-5-11)16-14(18)12-6-7-13(21-12)17(19)20/h2-7,9H,1H3,(H,16,18). The summed E-state index contributed by atoms with van der Waals surface area (Å²) in [5.74, 6) is -1.15. The quantitative estimate of drug-likeness (QED) is 0.685. The molecule has 1 aromatic heterocycles. The third-order valence-corrected chi connectivity index (χ3v) is 2.88. The van der Waals surface area contributed by atoms with Crippen molar-refractivity contribution in [3.8, 4) is 6.07 Å². The van der Waals surface area contributed by atoms with E-state index in [0.717, 1.165) is 11.6 Å². The molecule has 1 heterocycles. The van der Waals surface area contributed by atoms with E-state index in [1.165, 1.54) is 6.07 Å². The lowest BCUT2D eigenvalue weighted by Gasteiger charge is -2.13. The lowest BCUT2D eigenvalue weighted by Crippen LogP contribution is -2.26. The summed E-state index contributed by atoms with van der Waals surface area (Å²) in [4.78, 5) is 21.7. The molecular weight excluding hydrogens is 274 g/mol. The fourth-order valence-electron chi connectivity index (χ4n) is 1.75. The van der Waals surface area contributed by atoms with Crippen LogP contribution in [0.15, 0.2) is 40.8 Å². The average Bonchev–Trinajstić information content (AvgIpc) is 2.97. The normalized spacial score (nSPS) is 11.4.